The van der Waals surface area contributed by atoms with Gasteiger partial charge < -0.3 is 5.32 Å². The van der Waals surface area contributed by atoms with Crippen LogP contribution in [0.2, 0.25) is 0 Å². The van der Waals surface area contributed by atoms with Gasteiger partial charge in [-0.1, -0.05) is 66.7 Å². The number of amides is 2. The van der Waals surface area contributed by atoms with Crippen LogP contribution in [0, 0.1) is 0 Å². The third kappa shape index (κ3) is 5.52. The molecule has 0 fully saturated rings. The topological polar surface area (TPSA) is 49.4 Å². The number of allylic oxidation sites excluding steroid dienone is 1. The van der Waals surface area contributed by atoms with Crippen LogP contribution in [0.4, 0.5) is 5.69 Å². The summed E-state index contributed by atoms with van der Waals surface area (Å²) in [6, 6.07) is 16.0. The Labute approximate surface area is 194 Å². The Morgan fingerprint density at radius 2 is 1.94 bits per heavy atom. The number of thioether (sulfide) groups is 1. The van der Waals surface area contributed by atoms with Crippen molar-refractivity contribution in [3.05, 3.63) is 76.2 Å². The molecular weight excluding hydrogens is 416 g/mol. The zero-order valence-corrected chi connectivity index (χ0v) is 19.4. The molecule has 4 rings (SSSR count). The van der Waals surface area contributed by atoms with E-state index < -0.39 is 0 Å². The number of hydrogen-bond donors (Lipinski definition) is 1. The van der Waals surface area contributed by atoms with Crippen LogP contribution in [0.5, 0.6) is 0 Å². The van der Waals surface area contributed by atoms with Gasteiger partial charge in [-0.25, -0.2) is 0 Å². The summed E-state index contributed by atoms with van der Waals surface area (Å²) in [4.78, 5) is 29.2. The predicted molar refractivity (Wildman–Crippen MR) is 133 cm³/mol. The molecule has 0 bridgehead atoms. The minimum absolute atomic E-state index is 0.0293. The van der Waals surface area contributed by atoms with E-state index in [4.69, 9.17) is 0 Å². The fourth-order valence-corrected chi connectivity index (χ4v) is 5.17. The highest BCUT2D eigenvalue weighted by molar-refractivity contribution is 8.04. The Morgan fingerprint density at radius 3 is 2.69 bits per heavy atom. The van der Waals surface area contributed by atoms with Gasteiger partial charge in [0.05, 0.1) is 10.6 Å². The summed E-state index contributed by atoms with van der Waals surface area (Å²) in [6.07, 6.45) is 10.9. The Hall–Kier alpha value is -2.79. The van der Waals surface area contributed by atoms with Crippen molar-refractivity contribution in [2.75, 3.05) is 18.0 Å². The van der Waals surface area contributed by atoms with Crippen molar-refractivity contribution in [2.45, 2.75) is 50.3 Å². The summed E-state index contributed by atoms with van der Waals surface area (Å²) in [5.74, 6) is -0.249. The maximum Gasteiger partial charge on any atom is 0.265 e. The molecule has 2 aliphatic rings. The fourth-order valence-electron chi connectivity index (χ4n) is 4.11. The zero-order chi connectivity index (χ0) is 22.3. The Morgan fingerprint density at radius 1 is 1.12 bits per heavy atom. The smallest absolute Gasteiger partial charge is 0.265 e. The molecule has 0 saturated carbocycles. The van der Waals surface area contributed by atoms with E-state index in [0.717, 1.165) is 41.8 Å². The second kappa shape index (κ2) is 10.7. The standard InChI is InChI=1S/C27H30N2O2S/c1-2-20-12-14-22(15-13-20)18-25-27(31)29(23-10-6-7-11-24(23)32-25)19-26(30)28-17-16-21-8-4-3-5-9-21/h6-8,10-15,18H,2-5,9,16-17,19H2,1H3,(H,28,30). The first-order valence-electron chi connectivity index (χ1n) is 11.5. The van der Waals surface area contributed by atoms with Crippen molar-refractivity contribution in [2.24, 2.45) is 0 Å². The number of hydrogen-bond acceptors (Lipinski definition) is 3. The van der Waals surface area contributed by atoms with Crippen LogP contribution >= 0.6 is 11.8 Å². The van der Waals surface area contributed by atoms with E-state index in [9.17, 15) is 9.59 Å². The van der Waals surface area contributed by atoms with Crippen molar-refractivity contribution < 1.29 is 9.59 Å². The molecule has 1 N–H and O–H groups in total. The monoisotopic (exact) mass is 446 g/mol. The number of carbonyl (C=O) groups is 2. The quantitative estimate of drug-likeness (QED) is 0.436. The third-order valence-corrected chi connectivity index (χ3v) is 7.05. The van der Waals surface area contributed by atoms with E-state index in [2.05, 4.69) is 30.4 Å². The summed E-state index contributed by atoms with van der Waals surface area (Å²) in [5, 5.41) is 3.01. The maximum absolute atomic E-state index is 13.3. The Balaban J connectivity index is 1.47. The summed E-state index contributed by atoms with van der Waals surface area (Å²) in [7, 11) is 0. The Kier molecular flexibility index (Phi) is 7.48. The van der Waals surface area contributed by atoms with Crippen LogP contribution in [0.25, 0.3) is 6.08 Å². The van der Waals surface area contributed by atoms with Gasteiger partial charge in [0, 0.05) is 11.4 Å². The predicted octanol–water partition coefficient (Wildman–Crippen LogP) is 5.74. The van der Waals surface area contributed by atoms with Gasteiger partial charge in [0.2, 0.25) is 5.91 Å². The number of nitrogens with one attached hydrogen (secondary N) is 1. The molecule has 2 aromatic carbocycles. The second-order valence-electron chi connectivity index (χ2n) is 8.27. The van der Waals surface area contributed by atoms with Crippen molar-refractivity contribution in [1.29, 1.82) is 0 Å². The molecule has 4 nitrogen and oxygen atoms in total. The third-order valence-electron chi connectivity index (χ3n) is 5.97. The molecular formula is C27H30N2O2S. The van der Waals surface area contributed by atoms with Crippen molar-refractivity contribution in [3.63, 3.8) is 0 Å². The molecule has 1 aliphatic carbocycles. The van der Waals surface area contributed by atoms with Gasteiger partial charge in [-0.15, -0.1) is 0 Å². The summed E-state index contributed by atoms with van der Waals surface area (Å²) < 4.78 is 0. The van der Waals surface area contributed by atoms with Crippen molar-refractivity contribution in [3.8, 4) is 0 Å². The van der Waals surface area contributed by atoms with E-state index in [-0.39, 0.29) is 18.4 Å². The molecule has 1 aliphatic heterocycles. The molecule has 0 unspecified atom stereocenters. The molecule has 0 aromatic heterocycles. The van der Waals surface area contributed by atoms with Gasteiger partial charge in [0.1, 0.15) is 6.54 Å². The second-order valence-corrected chi connectivity index (χ2v) is 9.36. The number of rotatable bonds is 7. The van der Waals surface area contributed by atoms with Crippen LogP contribution < -0.4 is 10.2 Å². The highest BCUT2D eigenvalue weighted by Gasteiger charge is 2.30. The largest absolute Gasteiger partial charge is 0.354 e. The number of benzene rings is 2. The van der Waals surface area contributed by atoms with Gasteiger partial charge in [0.25, 0.3) is 5.91 Å². The molecule has 0 radical (unpaired) electrons. The molecule has 0 saturated heterocycles. The molecule has 2 aromatic rings. The van der Waals surface area contributed by atoms with Crippen LogP contribution in [0.3, 0.4) is 0 Å². The molecule has 5 heteroatoms. The SMILES string of the molecule is CCc1ccc(C=C2Sc3ccccc3N(CC(=O)NCCC3=CCCCC3)C2=O)cc1. The van der Waals surface area contributed by atoms with E-state index in [1.807, 2.05) is 42.5 Å². The van der Waals surface area contributed by atoms with E-state index >= 15 is 0 Å². The van der Waals surface area contributed by atoms with Crippen LogP contribution in [0.1, 0.15) is 50.2 Å². The number of anilines is 1. The molecule has 32 heavy (non-hydrogen) atoms. The lowest BCUT2D eigenvalue weighted by Crippen LogP contribution is -2.43. The number of para-hydroxylation sites is 1. The van der Waals surface area contributed by atoms with E-state index in [0.29, 0.717) is 11.4 Å². The lowest BCUT2D eigenvalue weighted by Gasteiger charge is -2.29. The minimum Gasteiger partial charge on any atom is -0.354 e. The molecule has 1 heterocycles. The first kappa shape index (κ1) is 22.4. The number of carbonyl (C=O) groups excluding carboxylic acids is 2. The zero-order valence-electron chi connectivity index (χ0n) is 18.6. The van der Waals surface area contributed by atoms with Crippen molar-refractivity contribution in [1.82, 2.24) is 5.32 Å². The first-order chi connectivity index (χ1) is 15.6. The normalized spacial score (nSPS) is 17.2. The van der Waals surface area contributed by atoms with E-state index in [1.165, 1.54) is 35.7 Å². The lowest BCUT2D eigenvalue weighted by molar-refractivity contribution is -0.122. The lowest BCUT2D eigenvalue weighted by atomic mass is 9.97. The van der Waals surface area contributed by atoms with Gasteiger partial charge in [-0.2, -0.15) is 0 Å². The summed E-state index contributed by atoms with van der Waals surface area (Å²) in [6.45, 7) is 2.77. The van der Waals surface area contributed by atoms with Gasteiger partial charge >= 0.3 is 0 Å². The Bertz CT molecular complexity index is 1040. The molecule has 0 spiro atoms. The van der Waals surface area contributed by atoms with Gasteiger partial charge in [-0.05, 0) is 67.9 Å². The van der Waals surface area contributed by atoms with Crippen LogP contribution in [-0.4, -0.2) is 24.9 Å². The highest BCUT2D eigenvalue weighted by Crippen LogP contribution is 2.41. The number of nitrogens with zero attached hydrogens (tertiary/aromatic N) is 1. The number of aryl methyl sites for hydroxylation is 1. The molecule has 166 valence electrons. The van der Waals surface area contributed by atoms with Crippen LogP contribution in [0.15, 0.2) is 70.0 Å². The highest BCUT2D eigenvalue weighted by atomic mass is 32.2. The fraction of sp³-hybridized carbons (Fsp3) is 0.333. The molecule has 2 amide bonds. The number of fused-ring (bicyclic) bond motifs is 1. The van der Waals surface area contributed by atoms with E-state index in [1.54, 1.807) is 4.90 Å². The van der Waals surface area contributed by atoms with Gasteiger partial charge in [-0.3, -0.25) is 14.5 Å². The van der Waals surface area contributed by atoms with Gasteiger partial charge in [0.15, 0.2) is 0 Å². The summed E-state index contributed by atoms with van der Waals surface area (Å²) >= 11 is 1.47. The average molecular weight is 447 g/mol. The molecule has 0 atom stereocenters. The van der Waals surface area contributed by atoms with Crippen LogP contribution in [-0.2, 0) is 16.0 Å². The first-order valence-corrected chi connectivity index (χ1v) is 12.3. The average Bonchev–Trinajstić information content (AvgIpc) is 2.83. The summed E-state index contributed by atoms with van der Waals surface area (Å²) in [5.41, 5.74) is 4.49. The van der Waals surface area contributed by atoms with Crippen molar-refractivity contribution >= 4 is 35.3 Å². The minimum atomic E-state index is -0.126. The maximum atomic E-state index is 13.3.